The van der Waals surface area contributed by atoms with Crippen LogP contribution in [0.3, 0.4) is 0 Å². The fraction of sp³-hybridized carbons (Fsp3) is 0.889. The Bertz CT molecular complexity index is 186. The monoisotopic (exact) mass is 186 g/mol. The maximum atomic E-state index is 11.6. The normalized spacial score (nSPS) is 28.0. The van der Waals surface area contributed by atoms with Crippen molar-refractivity contribution < 1.29 is 9.53 Å². The Hall–Kier alpha value is -0.610. The van der Waals surface area contributed by atoms with Crippen LogP contribution in [-0.4, -0.2) is 51.7 Å². The highest BCUT2D eigenvalue weighted by Crippen LogP contribution is 2.27. The molecule has 1 fully saturated rings. The number of ether oxygens (including phenoxy) is 1. The number of hydrogen-bond donors (Lipinski definition) is 1. The number of hydrogen-bond acceptors (Lipinski definition) is 4. The summed E-state index contributed by atoms with van der Waals surface area (Å²) in [5, 5.41) is 3.21. The Kier molecular flexibility index (Phi) is 3.27. The first kappa shape index (κ1) is 10.5. The van der Waals surface area contributed by atoms with Crippen LogP contribution < -0.4 is 5.32 Å². The minimum atomic E-state index is -0.321. The molecule has 0 aromatic rings. The van der Waals surface area contributed by atoms with Gasteiger partial charge in [0.05, 0.1) is 12.5 Å². The molecule has 0 bridgehead atoms. The highest BCUT2D eigenvalue weighted by molar-refractivity contribution is 5.77. The molecule has 13 heavy (non-hydrogen) atoms. The molecule has 1 unspecified atom stereocenters. The van der Waals surface area contributed by atoms with Crippen molar-refractivity contribution in [1.29, 1.82) is 0 Å². The molecule has 1 saturated heterocycles. The average Bonchev–Trinajstić information content (AvgIpc) is 2.51. The van der Waals surface area contributed by atoms with Crippen molar-refractivity contribution in [2.45, 2.75) is 6.42 Å². The molecule has 1 N–H and O–H groups in total. The Morgan fingerprint density at radius 1 is 1.62 bits per heavy atom. The Morgan fingerprint density at radius 2 is 2.31 bits per heavy atom. The van der Waals surface area contributed by atoms with Crippen molar-refractivity contribution in [2.24, 2.45) is 5.41 Å². The van der Waals surface area contributed by atoms with Crippen LogP contribution in [0.5, 0.6) is 0 Å². The van der Waals surface area contributed by atoms with Gasteiger partial charge in [-0.25, -0.2) is 0 Å². The van der Waals surface area contributed by atoms with E-state index in [1.54, 1.807) is 0 Å². The molecule has 1 atom stereocenters. The summed E-state index contributed by atoms with van der Waals surface area (Å²) in [6.07, 6.45) is 0.873. The average molecular weight is 186 g/mol. The van der Waals surface area contributed by atoms with Gasteiger partial charge in [-0.1, -0.05) is 0 Å². The fourth-order valence-electron chi connectivity index (χ4n) is 1.94. The molecule has 0 radical (unpaired) electrons. The summed E-state index contributed by atoms with van der Waals surface area (Å²) in [7, 11) is 5.41. The van der Waals surface area contributed by atoms with E-state index in [0.29, 0.717) is 0 Å². The van der Waals surface area contributed by atoms with Crippen molar-refractivity contribution >= 4 is 5.97 Å². The van der Waals surface area contributed by atoms with Gasteiger partial charge in [0.15, 0.2) is 0 Å². The standard InChI is InChI=1S/C9H18N2O2/c1-11(2)7-9(8(12)13-3)4-5-10-6-9/h10H,4-7H2,1-3H3. The van der Waals surface area contributed by atoms with E-state index in [4.69, 9.17) is 4.74 Å². The van der Waals surface area contributed by atoms with E-state index in [-0.39, 0.29) is 11.4 Å². The summed E-state index contributed by atoms with van der Waals surface area (Å²) in [5.74, 6) is -0.0915. The molecule has 1 rings (SSSR count). The van der Waals surface area contributed by atoms with Crippen LogP contribution in [0.1, 0.15) is 6.42 Å². The molecule has 0 saturated carbocycles. The third-order valence-electron chi connectivity index (χ3n) is 2.48. The lowest BCUT2D eigenvalue weighted by atomic mass is 9.87. The van der Waals surface area contributed by atoms with Gasteiger partial charge in [-0.15, -0.1) is 0 Å². The zero-order valence-electron chi connectivity index (χ0n) is 8.59. The molecule has 0 aromatic carbocycles. The molecule has 1 aliphatic heterocycles. The Balaban J connectivity index is 2.68. The van der Waals surface area contributed by atoms with Crippen LogP contribution >= 0.6 is 0 Å². The summed E-state index contributed by atoms with van der Waals surface area (Å²) in [6, 6.07) is 0. The van der Waals surface area contributed by atoms with Gasteiger partial charge < -0.3 is 15.0 Å². The van der Waals surface area contributed by atoms with E-state index in [0.717, 1.165) is 26.1 Å². The zero-order chi connectivity index (χ0) is 9.90. The lowest BCUT2D eigenvalue weighted by Gasteiger charge is -2.28. The third-order valence-corrected chi connectivity index (χ3v) is 2.48. The van der Waals surface area contributed by atoms with Gasteiger partial charge in [-0.05, 0) is 27.1 Å². The largest absolute Gasteiger partial charge is 0.469 e. The second-order valence-corrected chi connectivity index (χ2v) is 3.94. The van der Waals surface area contributed by atoms with Gasteiger partial charge in [-0.2, -0.15) is 0 Å². The molecule has 1 aliphatic rings. The number of nitrogens with zero attached hydrogens (tertiary/aromatic N) is 1. The molecule has 4 heteroatoms. The van der Waals surface area contributed by atoms with E-state index in [9.17, 15) is 4.79 Å². The number of carbonyl (C=O) groups excluding carboxylic acids is 1. The fourth-order valence-corrected chi connectivity index (χ4v) is 1.94. The van der Waals surface area contributed by atoms with Crippen molar-refractivity contribution in [3.8, 4) is 0 Å². The molecule has 76 valence electrons. The maximum absolute atomic E-state index is 11.6. The molecule has 0 spiro atoms. The predicted molar refractivity (Wildman–Crippen MR) is 50.5 cm³/mol. The van der Waals surface area contributed by atoms with E-state index < -0.39 is 0 Å². The second-order valence-electron chi connectivity index (χ2n) is 3.94. The van der Waals surface area contributed by atoms with Gasteiger partial charge >= 0.3 is 5.97 Å². The Labute approximate surface area is 79.2 Å². The highest BCUT2D eigenvalue weighted by atomic mass is 16.5. The predicted octanol–water partition coefficient (Wildman–Crippen LogP) is -0.299. The third kappa shape index (κ3) is 2.19. The molecular weight excluding hydrogens is 168 g/mol. The molecule has 4 nitrogen and oxygen atoms in total. The topological polar surface area (TPSA) is 41.6 Å². The number of carbonyl (C=O) groups is 1. The Morgan fingerprint density at radius 3 is 2.69 bits per heavy atom. The minimum absolute atomic E-state index is 0.0915. The number of nitrogens with one attached hydrogen (secondary N) is 1. The summed E-state index contributed by atoms with van der Waals surface area (Å²) in [6.45, 7) is 2.40. The minimum Gasteiger partial charge on any atom is -0.469 e. The highest BCUT2D eigenvalue weighted by Gasteiger charge is 2.42. The van der Waals surface area contributed by atoms with E-state index in [2.05, 4.69) is 5.32 Å². The first-order chi connectivity index (χ1) is 6.10. The van der Waals surface area contributed by atoms with Gasteiger partial charge in [0, 0.05) is 13.1 Å². The number of rotatable bonds is 3. The van der Waals surface area contributed by atoms with E-state index in [1.165, 1.54) is 7.11 Å². The van der Waals surface area contributed by atoms with E-state index in [1.807, 2.05) is 19.0 Å². The first-order valence-electron chi connectivity index (χ1n) is 4.54. The van der Waals surface area contributed by atoms with Crippen LogP contribution in [0.2, 0.25) is 0 Å². The van der Waals surface area contributed by atoms with E-state index >= 15 is 0 Å². The van der Waals surface area contributed by atoms with Crippen LogP contribution in [0.4, 0.5) is 0 Å². The zero-order valence-corrected chi connectivity index (χ0v) is 8.59. The van der Waals surface area contributed by atoms with Crippen molar-refractivity contribution in [1.82, 2.24) is 10.2 Å². The molecule has 1 heterocycles. The molecule has 0 amide bonds. The molecule has 0 aliphatic carbocycles. The quantitative estimate of drug-likeness (QED) is 0.614. The first-order valence-corrected chi connectivity index (χ1v) is 4.54. The maximum Gasteiger partial charge on any atom is 0.314 e. The van der Waals surface area contributed by atoms with Gasteiger partial charge in [0.2, 0.25) is 0 Å². The van der Waals surface area contributed by atoms with Crippen molar-refractivity contribution in [2.75, 3.05) is 40.8 Å². The van der Waals surface area contributed by atoms with Gasteiger partial charge in [0.1, 0.15) is 0 Å². The van der Waals surface area contributed by atoms with Gasteiger partial charge in [0.25, 0.3) is 0 Å². The van der Waals surface area contributed by atoms with Crippen molar-refractivity contribution in [3.05, 3.63) is 0 Å². The van der Waals surface area contributed by atoms with Crippen LogP contribution in [0.15, 0.2) is 0 Å². The summed E-state index contributed by atoms with van der Waals surface area (Å²) < 4.78 is 4.83. The molecular formula is C9H18N2O2. The molecule has 0 aromatic heterocycles. The summed E-state index contributed by atoms with van der Waals surface area (Å²) in [4.78, 5) is 13.6. The lowest BCUT2D eigenvalue weighted by Crippen LogP contribution is -2.43. The smallest absolute Gasteiger partial charge is 0.314 e. The number of methoxy groups -OCH3 is 1. The van der Waals surface area contributed by atoms with Crippen LogP contribution in [0, 0.1) is 5.41 Å². The second kappa shape index (κ2) is 4.07. The van der Waals surface area contributed by atoms with Crippen LogP contribution in [-0.2, 0) is 9.53 Å². The van der Waals surface area contributed by atoms with Gasteiger partial charge in [-0.3, -0.25) is 4.79 Å². The van der Waals surface area contributed by atoms with Crippen molar-refractivity contribution in [3.63, 3.8) is 0 Å². The SMILES string of the molecule is COC(=O)C1(CN(C)C)CCNC1. The number of esters is 1. The summed E-state index contributed by atoms with van der Waals surface area (Å²) in [5.41, 5.74) is -0.321. The summed E-state index contributed by atoms with van der Waals surface area (Å²) >= 11 is 0. The van der Waals surface area contributed by atoms with Crippen LogP contribution in [0.25, 0.3) is 0 Å². The lowest BCUT2D eigenvalue weighted by molar-refractivity contribution is -0.152.